The van der Waals surface area contributed by atoms with E-state index in [1.807, 2.05) is 33.3 Å². The molecule has 6 nitrogen and oxygen atoms in total. The third kappa shape index (κ3) is 2.94. The van der Waals surface area contributed by atoms with Gasteiger partial charge >= 0.3 is 0 Å². The Labute approximate surface area is 172 Å². The van der Waals surface area contributed by atoms with Crippen molar-refractivity contribution in [3.05, 3.63) is 87.4 Å². The Morgan fingerprint density at radius 1 is 1.10 bits per heavy atom. The monoisotopic (exact) mass is 403 g/mol. The van der Waals surface area contributed by atoms with E-state index in [9.17, 15) is 4.79 Å². The van der Waals surface area contributed by atoms with Crippen LogP contribution in [0, 0.1) is 4.77 Å². The zero-order valence-electron chi connectivity index (χ0n) is 16.0. The van der Waals surface area contributed by atoms with Gasteiger partial charge in [0.25, 0.3) is 5.56 Å². The second kappa shape index (κ2) is 7.09. The molecular formula is C22H21N5OS. The molecule has 1 aliphatic rings. The minimum Gasteiger partial charge on any atom is -0.280 e. The number of fused-ring (bicyclic) bond motifs is 4. The van der Waals surface area contributed by atoms with Gasteiger partial charge < -0.3 is 0 Å². The molecule has 0 fully saturated rings. The van der Waals surface area contributed by atoms with Gasteiger partial charge in [0.1, 0.15) is 0 Å². The second-order valence-electron chi connectivity index (χ2n) is 7.35. The number of rotatable bonds is 4. The highest BCUT2D eigenvalue weighted by molar-refractivity contribution is 7.71. The summed E-state index contributed by atoms with van der Waals surface area (Å²) in [5.74, 6) is 0.552. The maximum Gasteiger partial charge on any atom is 0.263 e. The molecule has 0 atom stereocenters. The van der Waals surface area contributed by atoms with Gasteiger partial charge in [-0.2, -0.15) is 0 Å². The number of aromatic nitrogens is 4. The van der Waals surface area contributed by atoms with Crippen LogP contribution in [-0.4, -0.2) is 30.2 Å². The molecule has 0 radical (unpaired) electrons. The molecule has 2 aromatic carbocycles. The summed E-state index contributed by atoms with van der Waals surface area (Å²) >= 11 is 5.78. The Bertz CT molecular complexity index is 1360. The molecule has 146 valence electrons. The lowest BCUT2D eigenvalue weighted by molar-refractivity contribution is 0.188. The van der Waals surface area contributed by atoms with Gasteiger partial charge in [-0.05, 0) is 41.9 Å². The van der Waals surface area contributed by atoms with E-state index < -0.39 is 0 Å². The van der Waals surface area contributed by atoms with E-state index >= 15 is 0 Å². The lowest BCUT2D eigenvalue weighted by atomic mass is 10.0. The molecule has 0 spiro atoms. The highest BCUT2D eigenvalue weighted by Gasteiger charge is 2.19. The first-order chi connectivity index (χ1) is 14.2. The maximum absolute atomic E-state index is 13.0. The Kier molecular flexibility index (Phi) is 4.41. The van der Waals surface area contributed by atoms with Crippen LogP contribution in [0.25, 0.3) is 16.7 Å². The van der Waals surface area contributed by atoms with E-state index in [4.69, 9.17) is 17.3 Å². The third-order valence-corrected chi connectivity index (χ3v) is 5.93. The number of para-hydroxylation sites is 1. The summed E-state index contributed by atoms with van der Waals surface area (Å²) in [7, 11) is 0. The summed E-state index contributed by atoms with van der Waals surface area (Å²) in [5, 5.41) is 5.37. The summed E-state index contributed by atoms with van der Waals surface area (Å²) in [4.78, 5) is 15.3. The molecule has 3 heterocycles. The first-order valence-electron chi connectivity index (χ1n) is 9.68. The molecule has 0 N–H and O–H groups in total. The lowest BCUT2D eigenvalue weighted by Gasteiger charge is -2.28. The van der Waals surface area contributed by atoms with Crippen LogP contribution in [-0.2, 0) is 26.2 Å². The molecule has 0 amide bonds. The van der Waals surface area contributed by atoms with Crippen molar-refractivity contribution in [1.29, 1.82) is 0 Å². The predicted molar refractivity (Wildman–Crippen MR) is 117 cm³/mol. The lowest BCUT2D eigenvalue weighted by Crippen LogP contribution is -2.32. The van der Waals surface area contributed by atoms with Crippen molar-refractivity contribution in [3.8, 4) is 0 Å². The van der Waals surface area contributed by atoms with Crippen LogP contribution in [0.1, 0.15) is 11.1 Å². The fourth-order valence-electron chi connectivity index (χ4n) is 4.12. The van der Waals surface area contributed by atoms with Crippen molar-refractivity contribution < 1.29 is 0 Å². The van der Waals surface area contributed by atoms with Crippen molar-refractivity contribution >= 4 is 28.9 Å². The molecule has 1 aliphatic heterocycles. The summed E-state index contributed by atoms with van der Waals surface area (Å²) in [6.07, 6.45) is 2.72. The maximum atomic E-state index is 13.0. The second-order valence-corrected chi connectivity index (χ2v) is 7.72. The topological polar surface area (TPSA) is 47.5 Å². The first kappa shape index (κ1) is 18.0. The zero-order valence-corrected chi connectivity index (χ0v) is 16.8. The van der Waals surface area contributed by atoms with E-state index in [1.54, 1.807) is 10.6 Å². The number of allylic oxidation sites excluding steroid dienone is 1. The Hall–Kier alpha value is -3.03. The predicted octanol–water partition coefficient (Wildman–Crippen LogP) is 3.38. The Morgan fingerprint density at radius 3 is 2.69 bits per heavy atom. The third-order valence-electron chi connectivity index (χ3n) is 5.54. The van der Waals surface area contributed by atoms with Crippen LogP contribution in [0.3, 0.4) is 0 Å². The Balaban J connectivity index is 1.63. The molecule has 0 saturated carbocycles. The van der Waals surface area contributed by atoms with Gasteiger partial charge in [-0.25, -0.2) is 4.68 Å². The normalized spacial score (nSPS) is 14.3. The van der Waals surface area contributed by atoms with Crippen LogP contribution in [0.5, 0.6) is 0 Å². The molecule has 0 saturated heterocycles. The summed E-state index contributed by atoms with van der Waals surface area (Å²) in [6, 6.07) is 16.1. The average Bonchev–Trinajstić information content (AvgIpc) is 3.07. The number of hydrogen-bond acceptors (Lipinski definition) is 4. The molecule has 2 aromatic heterocycles. The Morgan fingerprint density at radius 2 is 1.86 bits per heavy atom. The van der Waals surface area contributed by atoms with Crippen molar-refractivity contribution in [3.63, 3.8) is 0 Å². The van der Waals surface area contributed by atoms with Crippen molar-refractivity contribution in [2.75, 3.05) is 6.54 Å². The quantitative estimate of drug-likeness (QED) is 0.387. The fourth-order valence-corrected chi connectivity index (χ4v) is 4.40. The van der Waals surface area contributed by atoms with Gasteiger partial charge in [-0.1, -0.05) is 42.5 Å². The highest BCUT2D eigenvalue weighted by Crippen LogP contribution is 2.20. The van der Waals surface area contributed by atoms with Gasteiger partial charge in [0.05, 0.1) is 17.6 Å². The van der Waals surface area contributed by atoms with Gasteiger partial charge in [0.15, 0.2) is 0 Å². The van der Waals surface area contributed by atoms with Gasteiger partial charge in [-0.15, -0.1) is 11.7 Å². The van der Waals surface area contributed by atoms with E-state index in [2.05, 4.69) is 35.7 Å². The standard InChI is InChI=1S/C22H21N5OS/c1-2-12-25-20(28)18-9-5-6-10-19(18)27-21(25)23-26(22(27)29)15-24-13-11-16-7-3-4-8-17(16)14-24/h2-10H,1,11-15H2. The molecule has 0 unspecified atom stereocenters. The van der Waals surface area contributed by atoms with E-state index in [0.29, 0.717) is 29.1 Å². The molecule has 5 rings (SSSR count). The van der Waals surface area contributed by atoms with Crippen molar-refractivity contribution in [2.45, 2.75) is 26.2 Å². The summed E-state index contributed by atoms with van der Waals surface area (Å²) in [6.45, 7) is 6.58. The van der Waals surface area contributed by atoms with E-state index in [-0.39, 0.29) is 5.56 Å². The summed E-state index contributed by atoms with van der Waals surface area (Å²) < 4.78 is 5.94. The molecule has 0 bridgehead atoms. The molecular weight excluding hydrogens is 382 g/mol. The summed E-state index contributed by atoms with van der Waals surface area (Å²) in [5.41, 5.74) is 3.47. The fraction of sp³-hybridized carbons (Fsp3) is 0.227. The van der Waals surface area contributed by atoms with Gasteiger partial charge in [0.2, 0.25) is 10.5 Å². The zero-order chi connectivity index (χ0) is 20.0. The van der Waals surface area contributed by atoms with Crippen LogP contribution >= 0.6 is 12.2 Å². The smallest absolute Gasteiger partial charge is 0.263 e. The molecule has 29 heavy (non-hydrogen) atoms. The number of nitrogens with zero attached hydrogens (tertiary/aromatic N) is 5. The van der Waals surface area contributed by atoms with Crippen molar-refractivity contribution in [1.82, 2.24) is 23.6 Å². The molecule has 4 aromatic rings. The number of benzene rings is 2. The van der Waals surface area contributed by atoms with E-state index in [1.165, 1.54) is 11.1 Å². The van der Waals surface area contributed by atoms with Gasteiger partial charge in [0, 0.05) is 19.6 Å². The van der Waals surface area contributed by atoms with Crippen LogP contribution < -0.4 is 5.56 Å². The largest absolute Gasteiger partial charge is 0.280 e. The minimum absolute atomic E-state index is 0.0768. The van der Waals surface area contributed by atoms with Crippen LogP contribution in [0.2, 0.25) is 0 Å². The van der Waals surface area contributed by atoms with Gasteiger partial charge in [-0.3, -0.25) is 18.7 Å². The van der Waals surface area contributed by atoms with Crippen LogP contribution in [0.4, 0.5) is 0 Å². The average molecular weight is 404 g/mol. The van der Waals surface area contributed by atoms with Crippen LogP contribution in [0.15, 0.2) is 66.0 Å². The van der Waals surface area contributed by atoms with E-state index in [0.717, 1.165) is 25.0 Å². The van der Waals surface area contributed by atoms with Crippen molar-refractivity contribution in [2.24, 2.45) is 0 Å². The number of hydrogen-bond donors (Lipinski definition) is 0. The first-order valence-corrected chi connectivity index (χ1v) is 10.1. The highest BCUT2D eigenvalue weighted by atomic mass is 32.1. The minimum atomic E-state index is -0.0768. The SMILES string of the molecule is C=CCn1c(=O)c2ccccc2n2c(=S)n(CN3CCc4ccccc4C3)nc12. The molecule has 0 aliphatic carbocycles. The molecule has 7 heteroatoms.